The minimum atomic E-state index is -3.74. The van der Waals surface area contributed by atoms with Crippen molar-refractivity contribution in [3.05, 3.63) is 71.0 Å². The fourth-order valence-corrected chi connectivity index (χ4v) is 4.33. The van der Waals surface area contributed by atoms with Gasteiger partial charge in [-0.2, -0.15) is 0 Å². The van der Waals surface area contributed by atoms with Gasteiger partial charge in [-0.15, -0.1) is 0 Å². The molecule has 3 rings (SSSR count). The van der Waals surface area contributed by atoms with Crippen LogP contribution in [0.5, 0.6) is 0 Å². The molecule has 0 atom stereocenters. The third-order valence-corrected chi connectivity index (χ3v) is 6.04. The Balaban J connectivity index is 1.71. The molecule has 0 radical (unpaired) electrons. The molecule has 9 heteroatoms. The van der Waals surface area contributed by atoms with E-state index in [0.717, 1.165) is 16.9 Å². The van der Waals surface area contributed by atoms with Crippen LogP contribution in [-0.2, 0) is 16.6 Å². The second-order valence-electron chi connectivity index (χ2n) is 5.39. The van der Waals surface area contributed by atoms with Gasteiger partial charge in [0.2, 0.25) is 0 Å². The van der Waals surface area contributed by atoms with Crippen LogP contribution in [0.3, 0.4) is 0 Å². The summed E-state index contributed by atoms with van der Waals surface area (Å²) in [6.45, 7) is 2.02. The highest BCUT2D eigenvalue weighted by molar-refractivity contribution is 7.93. The van der Waals surface area contributed by atoms with Gasteiger partial charge in [0, 0.05) is 18.9 Å². The van der Waals surface area contributed by atoms with E-state index in [1.54, 1.807) is 49.6 Å². The molecule has 0 bridgehead atoms. The van der Waals surface area contributed by atoms with Crippen LogP contribution in [0.25, 0.3) is 0 Å². The number of nitrogens with one attached hydrogen (secondary N) is 2. The average molecular weight is 388 g/mol. The van der Waals surface area contributed by atoms with E-state index >= 15 is 0 Å². The quantitative estimate of drug-likeness (QED) is 0.676. The van der Waals surface area contributed by atoms with Crippen molar-refractivity contribution in [1.82, 2.24) is 15.3 Å². The van der Waals surface area contributed by atoms with Gasteiger partial charge < -0.3 is 5.32 Å². The summed E-state index contributed by atoms with van der Waals surface area (Å²) in [5.41, 5.74) is 1.38. The van der Waals surface area contributed by atoms with Gasteiger partial charge in [-0.05, 0) is 36.8 Å². The first-order valence-corrected chi connectivity index (χ1v) is 9.98. The molecule has 0 fully saturated rings. The number of aryl methyl sites for hydroxylation is 1. The van der Waals surface area contributed by atoms with E-state index in [-0.39, 0.29) is 15.9 Å². The fraction of sp³-hybridized carbons (Fsp3) is 0.118. The molecule has 7 nitrogen and oxygen atoms in total. The molecule has 2 heterocycles. The average Bonchev–Trinajstić information content (AvgIpc) is 3.01. The molecule has 1 amide bonds. The van der Waals surface area contributed by atoms with Gasteiger partial charge in [-0.25, -0.2) is 13.4 Å². The highest BCUT2D eigenvalue weighted by Crippen LogP contribution is 2.25. The first-order valence-electron chi connectivity index (χ1n) is 7.68. The lowest BCUT2D eigenvalue weighted by Crippen LogP contribution is -2.22. The van der Waals surface area contributed by atoms with E-state index in [2.05, 4.69) is 20.0 Å². The summed E-state index contributed by atoms with van der Waals surface area (Å²) in [6, 6.07) is 11.6. The molecule has 0 aliphatic rings. The van der Waals surface area contributed by atoms with Crippen molar-refractivity contribution in [3.63, 3.8) is 0 Å². The number of amides is 1. The molecule has 26 heavy (non-hydrogen) atoms. The van der Waals surface area contributed by atoms with Crippen LogP contribution in [-0.4, -0.2) is 24.3 Å². The number of benzene rings is 1. The van der Waals surface area contributed by atoms with Crippen molar-refractivity contribution in [2.24, 2.45) is 0 Å². The molecule has 0 spiro atoms. The lowest BCUT2D eigenvalue weighted by molar-refractivity contribution is 0.0954. The third-order valence-electron chi connectivity index (χ3n) is 3.48. The summed E-state index contributed by atoms with van der Waals surface area (Å²) in [4.78, 5) is 20.9. The van der Waals surface area contributed by atoms with E-state index in [1.165, 1.54) is 12.1 Å². The lowest BCUT2D eigenvalue weighted by atomic mass is 10.2. The largest absolute Gasteiger partial charge is 0.347 e. The highest BCUT2D eigenvalue weighted by atomic mass is 32.2. The topological polar surface area (TPSA) is 101 Å². The fourth-order valence-electron chi connectivity index (χ4n) is 2.19. The number of hydrogen-bond acceptors (Lipinski definition) is 6. The number of thiazole rings is 1. The Morgan fingerprint density at radius 3 is 2.50 bits per heavy atom. The molecule has 2 aromatic heterocycles. The second-order valence-corrected chi connectivity index (χ2v) is 8.07. The molecule has 1 aromatic carbocycles. The SMILES string of the molecule is Cc1nc(NS(=O)(=O)c2ccccc2)sc1C(=O)NCc1ccncc1. The summed E-state index contributed by atoms with van der Waals surface area (Å²) in [5, 5.41) is 2.94. The Morgan fingerprint density at radius 1 is 1.12 bits per heavy atom. The molecule has 0 unspecified atom stereocenters. The number of rotatable bonds is 6. The number of sulfonamides is 1. The van der Waals surface area contributed by atoms with Crippen LogP contribution in [0, 0.1) is 6.92 Å². The standard InChI is InChI=1S/C17H16N4O3S2/c1-12-15(16(22)19-11-13-7-9-18-10-8-13)25-17(20-12)21-26(23,24)14-5-3-2-4-6-14/h2-10H,11H2,1H3,(H,19,22)(H,20,21). The Morgan fingerprint density at radius 2 is 1.81 bits per heavy atom. The van der Waals surface area contributed by atoms with Gasteiger partial charge in [-0.1, -0.05) is 29.5 Å². The number of aromatic nitrogens is 2. The predicted octanol–water partition coefficient (Wildman–Crippen LogP) is 2.58. The van der Waals surface area contributed by atoms with E-state index in [1.807, 2.05) is 0 Å². The van der Waals surface area contributed by atoms with Crippen molar-refractivity contribution < 1.29 is 13.2 Å². The zero-order valence-electron chi connectivity index (χ0n) is 13.8. The molecular formula is C17H16N4O3S2. The van der Waals surface area contributed by atoms with Crippen LogP contribution >= 0.6 is 11.3 Å². The number of hydrogen-bond donors (Lipinski definition) is 2. The molecule has 0 aliphatic heterocycles. The highest BCUT2D eigenvalue weighted by Gasteiger charge is 2.20. The molecular weight excluding hydrogens is 372 g/mol. The first kappa shape index (κ1) is 18.0. The van der Waals surface area contributed by atoms with Crippen molar-refractivity contribution in [3.8, 4) is 0 Å². The summed E-state index contributed by atoms with van der Waals surface area (Å²) < 4.78 is 27.1. The molecule has 2 N–H and O–H groups in total. The minimum absolute atomic E-state index is 0.136. The monoisotopic (exact) mass is 388 g/mol. The second kappa shape index (κ2) is 7.63. The summed E-state index contributed by atoms with van der Waals surface area (Å²) in [7, 11) is -3.74. The van der Waals surface area contributed by atoms with Gasteiger partial charge in [0.1, 0.15) is 4.88 Å². The van der Waals surface area contributed by atoms with Gasteiger partial charge in [0.05, 0.1) is 10.6 Å². The van der Waals surface area contributed by atoms with E-state index in [0.29, 0.717) is 17.1 Å². The third kappa shape index (κ3) is 4.24. The minimum Gasteiger partial charge on any atom is -0.347 e. The number of pyridine rings is 1. The lowest BCUT2D eigenvalue weighted by Gasteiger charge is -2.04. The zero-order chi connectivity index (χ0) is 18.6. The predicted molar refractivity (Wildman–Crippen MR) is 99.5 cm³/mol. The molecule has 3 aromatic rings. The van der Waals surface area contributed by atoms with E-state index < -0.39 is 10.0 Å². The normalized spacial score (nSPS) is 11.1. The van der Waals surface area contributed by atoms with Crippen molar-refractivity contribution in [2.75, 3.05) is 4.72 Å². The van der Waals surface area contributed by atoms with Gasteiger partial charge >= 0.3 is 0 Å². The Hall–Kier alpha value is -2.78. The van der Waals surface area contributed by atoms with Crippen molar-refractivity contribution in [2.45, 2.75) is 18.4 Å². The molecule has 0 aliphatic carbocycles. The maximum Gasteiger partial charge on any atom is 0.263 e. The maximum atomic E-state index is 12.4. The van der Waals surface area contributed by atoms with Gasteiger partial charge in [-0.3, -0.25) is 14.5 Å². The van der Waals surface area contributed by atoms with Crippen LogP contribution < -0.4 is 10.0 Å². The maximum absolute atomic E-state index is 12.4. The Kier molecular flexibility index (Phi) is 5.29. The first-order chi connectivity index (χ1) is 12.5. The summed E-state index contributed by atoms with van der Waals surface area (Å²) in [5.74, 6) is -0.304. The van der Waals surface area contributed by atoms with Crippen molar-refractivity contribution in [1.29, 1.82) is 0 Å². The van der Waals surface area contributed by atoms with Crippen LogP contribution in [0.1, 0.15) is 20.9 Å². The summed E-state index contributed by atoms with van der Waals surface area (Å²) >= 11 is 0.999. The smallest absolute Gasteiger partial charge is 0.263 e. The van der Waals surface area contributed by atoms with Crippen LogP contribution in [0.2, 0.25) is 0 Å². The molecule has 134 valence electrons. The van der Waals surface area contributed by atoms with Gasteiger partial charge in [0.25, 0.3) is 15.9 Å². The van der Waals surface area contributed by atoms with Gasteiger partial charge in [0.15, 0.2) is 5.13 Å². The molecule has 0 saturated heterocycles. The van der Waals surface area contributed by atoms with Crippen molar-refractivity contribution >= 4 is 32.4 Å². The van der Waals surface area contributed by atoms with E-state index in [9.17, 15) is 13.2 Å². The van der Waals surface area contributed by atoms with Crippen LogP contribution in [0.15, 0.2) is 59.8 Å². The number of anilines is 1. The number of carbonyl (C=O) groups excluding carboxylic acids is 1. The Bertz CT molecular complexity index is 1000. The number of nitrogens with zero attached hydrogens (tertiary/aromatic N) is 2. The number of carbonyl (C=O) groups is 1. The zero-order valence-corrected chi connectivity index (χ0v) is 15.5. The van der Waals surface area contributed by atoms with Crippen LogP contribution in [0.4, 0.5) is 5.13 Å². The summed E-state index contributed by atoms with van der Waals surface area (Å²) in [6.07, 6.45) is 3.30. The van der Waals surface area contributed by atoms with E-state index in [4.69, 9.17) is 0 Å². The Labute approximate surface area is 155 Å². The molecule has 0 saturated carbocycles.